The average Bonchev–Trinajstić information content (AvgIpc) is 3.26. The van der Waals surface area contributed by atoms with Crippen molar-refractivity contribution in [2.75, 3.05) is 19.3 Å². The van der Waals surface area contributed by atoms with Crippen LogP contribution in [0.25, 0.3) is 0 Å². The maximum Gasteiger partial charge on any atom is 0.238 e. The molecule has 108 valence electrons. The number of hydrogen-bond acceptors (Lipinski definition) is 3. The Morgan fingerprint density at radius 3 is 2.65 bits per heavy atom. The number of thioether (sulfide) groups is 1. The number of benzene rings is 1. The van der Waals surface area contributed by atoms with E-state index in [1.165, 1.54) is 23.3 Å². The Morgan fingerprint density at radius 1 is 1.35 bits per heavy atom. The fourth-order valence-electron chi connectivity index (χ4n) is 2.96. The van der Waals surface area contributed by atoms with Gasteiger partial charge in [-0.3, -0.25) is 10.1 Å². The van der Waals surface area contributed by atoms with Crippen molar-refractivity contribution in [3.05, 3.63) is 29.8 Å². The first-order valence-electron chi connectivity index (χ1n) is 7.36. The third kappa shape index (κ3) is 2.86. The van der Waals surface area contributed by atoms with E-state index in [-0.39, 0.29) is 12.1 Å². The highest BCUT2D eigenvalue weighted by atomic mass is 32.2. The highest BCUT2D eigenvalue weighted by Gasteiger charge is 2.36. The molecule has 20 heavy (non-hydrogen) atoms. The Morgan fingerprint density at radius 2 is 2.05 bits per heavy atom. The number of rotatable bonds is 5. The maximum absolute atomic E-state index is 12.1. The molecule has 1 aliphatic heterocycles. The number of nitrogens with zero attached hydrogens (tertiary/aromatic N) is 1. The van der Waals surface area contributed by atoms with Crippen molar-refractivity contribution in [3.63, 3.8) is 0 Å². The minimum atomic E-state index is 0.0552. The molecule has 0 aromatic heterocycles. The fraction of sp³-hybridized carbons (Fsp3) is 0.562. The number of amides is 1. The van der Waals surface area contributed by atoms with Gasteiger partial charge in [0.25, 0.3) is 0 Å². The van der Waals surface area contributed by atoms with Gasteiger partial charge < -0.3 is 4.90 Å². The summed E-state index contributed by atoms with van der Waals surface area (Å²) in [6.07, 6.45) is 4.81. The van der Waals surface area contributed by atoms with Crippen LogP contribution in [0.3, 0.4) is 0 Å². The molecule has 2 fully saturated rings. The monoisotopic (exact) mass is 290 g/mol. The number of nitrogens with one attached hydrogen (secondary N) is 1. The number of carbonyl (C=O) groups is 1. The molecule has 2 aliphatic rings. The lowest BCUT2D eigenvalue weighted by molar-refractivity contribution is -0.128. The van der Waals surface area contributed by atoms with Gasteiger partial charge in [-0.15, -0.1) is 11.8 Å². The van der Waals surface area contributed by atoms with E-state index in [0.29, 0.717) is 12.5 Å². The molecule has 1 aromatic rings. The Bertz CT molecular complexity index is 484. The molecule has 2 unspecified atom stereocenters. The molecule has 1 saturated heterocycles. The van der Waals surface area contributed by atoms with Gasteiger partial charge in [-0.1, -0.05) is 19.1 Å². The van der Waals surface area contributed by atoms with Gasteiger partial charge in [0.15, 0.2) is 0 Å². The zero-order valence-electron chi connectivity index (χ0n) is 12.1. The lowest BCUT2D eigenvalue weighted by atomic mass is 10.0. The zero-order valence-corrected chi connectivity index (χ0v) is 13.0. The predicted octanol–water partition coefficient (Wildman–Crippen LogP) is 2.89. The molecule has 4 heteroatoms. The normalized spacial score (nSPS) is 24.2. The summed E-state index contributed by atoms with van der Waals surface area (Å²) in [5, 5.41) is 3.34. The summed E-state index contributed by atoms with van der Waals surface area (Å²) in [6.45, 7) is 3.62. The smallest absolute Gasteiger partial charge is 0.238 e. The third-order valence-corrected chi connectivity index (χ3v) is 5.17. The second kappa shape index (κ2) is 5.78. The van der Waals surface area contributed by atoms with Gasteiger partial charge >= 0.3 is 0 Å². The van der Waals surface area contributed by atoms with E-state index in [2.05, 4.69) is 42.8 Å². The van der Waals surface area contributed by atoms with Crippen molar-refractivity contribution in [1.82, 2.24) is 10.2 Å². The third-order valence-electron chi connectivity index (χ3n) is 4.42. The minimum Gasteiger partial charge on any atom is -0.322 e. The van der Waals surface area contributed by atoms with Gasteiger partial charge in [-0.2, -0.15) is 0 Å². The predicted molar refractivity (Wildman–Crippen MR) is 82.6 cm³/mol. The molecular formula is C16H22N2OS. The minimum absolute atomic E-state index is 0.0552. The lowest BCUT2D eigenvalue weighted by Crippen LogP contribution is -2.34. The second-order valence-corrected chi connectivity index (χ2v) is 6.80. The van der Waals surface area contributed by atoms with E-state index >= 15 is 0 Å². The highest BCUT2D eigenvalue weighted by molar-refractivity contribution is 7.98. The molecule has 2 atom stereocenters. The molecule has 1 aliphatic carbocycles. The van der Waals surface area contributed by atoms with Crippen LogP contribution in [0, 0.1) is 11.8 Å². The molecule has 3 rings (SSSR count). The van der Waals surface area contributed by atoms with Crippen molar-refractivity contribution in [3.8, 4) is 0 Å². The topological polar surface area (TPSA) is 32.3 Å². The van der Waals surface area contributed by atoms with E-state index in [9.17, 15) is 4.79 Å². The first kappa shape index (κ1) is 14.0. The summed E-state index contributed by atoms with van der Waals surface area (Å²) in [5.74, 6) is 1.69. The highest BCUT2D eigenvalue weighted by Crippen LogP contribution is 2.38. The molecule has 0 radical (unpaired) electrons. The standard InChI is InChI=1S/C16H22N2OS/c1-11(12-3-4-12)10-18-15(19)9-17-16(18)13-5-7-14(20-2)8-6-13/h5-8,11-12,16-17H,3-4,9-10H2,1-2H3. The zero-order chi connectivity index (χ0) is 14.1. The SMILES string of the molecule is CSc1ccc(C2NCC(=O)N2CC(C)C2CC2)cc1. The fourth-order valence-corrected chi connectivity index (χ4v) is 3.36. The van der Waals surface area contributed by atoms with Gasteiger partial charge in [-0.05, 0) is 48.6 Å². The van der Waals surface area contributed by atoms with Crippen molar-refractivity contribution >= 4 is 17.7 Å². The Hall–Kier alpha value is -1.00. The van der Waals surface area contributed by atoms with E-state index in [1.54, 1.807) is 11.8 Å². The van der Waals surface area contributed by atoms with E-state index in [1.807, 2.05) is 4.90 Å². The first-order chi connectivity index (χ1) is 9.69. The quantitative estimate of drug-likeness (QED) is 0.846. The molecule has 3 nitrogen and oxygen atoms in total. The van der Waals surface area contributed by atoms with Gasteiger partial charge in [0.05, 0.1) is 6.54 Å². The van der Waals surface area contributed by atoms with Crippen molar-refractivity contribution in [2.24, 2.45) is 11.8 Å². The Labute approximate surface area is 125 Å². The summed E-state index contributed by atoms with van der Waals surface area (Å²) in [4.78, 5) is 15.4. The summed E-state index contributed by atoms with van der Waals surface area (Å²) < 4.78 is 0. The molecule has 0 spiro atoms. The summed E-state index contributed by atoms with van der Waals surface area (Å²) in [7, 11) is 0. The van der Waals surface area contributed by atoms with Crippen LogP contribution in [-0.2, 0) is 4.79 Å². The summed E-state index contributed by atoms with van der Waals surface area (Å²) in [5.41, 5.74) is 1.19. The van der Waals surface area contributed by atoms with Gasteiger partial charge in [-0.25, -0.2) is 0 Å². The summed E-state index contributed by atoms with van der Waals surface area (Å²) >= 11 is 1.74. The van der Waals surface area contributed by atoms with Gasteiger partial charge in [0.1, 0.15) is 6.17 Å². The van der Waals surface area contributed by atoms with Crippen LogP contribution in [0.15, 0.2) is 29.2 Å². The number of hydrogen-bond donors (Lipinski definition) is 1. The van der Waals surface area contributed by atoms with Crippen LogP contribution in [0.4, 0.5) is 0 Å². The van der Waals surface area contributed by atoms with Crippen LogP contribution < -0.4 is 5.32 Å². The largest absolute Gasteiger partial charge is 0.322 e. The molecule has 0 bridgehead atoms. The van der Waals surface area contributed by atoms with Crippen LogP contribution in [0.1, 0.15) is 31.5 Å². The van der Waals surface area contributed by atoms with Crippen LogP contribution in [0.2, 0.25) is 0 Å². The van der Waals surface area contributed by atoms with E-state index < -0.39 is 0 Å². The van der Waals surface area contributed by atoms with Crippen molar-refractivity contribution < 1.29 is 4.79 Å². The molecule has 1 saturated carbocycles. The Balaban J connectivity index is 1.73. The molecule has 1 amide bonds. The van der Waals surface area contributed by atoms with Crippen LogP contribution in [0.5, 0.6) is 0 Å². The maximum atomic E-state index is 12.1. The van der Waals surface area contributed by atoms with E-state index in [0.717, 1.165) is 12.5 Å². The second-order valence-electron chi connectivity index (χ2n) is 5.92. The van der Waals surface area contributed by atoms with Gasteiger partial charge in [0.2, 0.25) is 5.91 Å². The Kier molecular flexibility index (Phi) is 4.03. The lowest BCUT2D eigenvalue weighted by Gasteiger charge is -2.27. The summed E-state index contributed by atoms with van der Waals surface area (Å²) in [6, 6.07) is 8.54. The average molecular weight is 290 g/mol. The molecule has 1 N–H and O–H groups in total. The first-order valence-corrected chi connectivity index (χ1v) is 8.58. The van der Waals surface area contributed by atoms with E-state index in [4.69, 9.17) is 0 Å². The van der Waals surface area contributed by atoms with Gasteiger partial charge in [0, 0.05) is 11.4 Å². The molecule has 1 aromatic carbocycles. The van der Waals surface area contributed by atoms with Crippen LogP contribution in [-0.4, -0.2) is 30.2 Å². The molecule has 1 heterocycles. The number of carbonyl (C=O) groups excluding carboxylic acids is 1. The van der Waals surface area contributed by atoms with Crippen molar-refractivity contribution in [2.45, 2.75) is 30.8 Å². The van der Waals surface area contributed by atoms with Crippen LogP contribution >= 0.6 is 11.8 Å². The molecular weight excluding hydrogens is 268 g/mol. The van der Waals surface area contributed by atoms with Crippen molar-refractivity contribution in [1.29, 1.82) is 0 Å².